The van der Waals surface area contributed by atoms with Crippen LogP contribution < -0.4 is 4.90 Å². The van der Waals surface area contributed by atoms with Crippen LogP contribution in [-0.2, 0) is 25.7 Å². The van der Waals surface area contributed by atoms with E-state index in [1.165, 1.54) is 35.4 Å². The van der Waals surface area contributed by atoms with Crippen molar-refractivity contribution in [3.63, 3.8) is 0 Å². The summed E-state index contributed by atoms with van der Waals surface area (Å²) >= 11 is 5.79. The Morgan fingerprint density at radius 2 is 1.86 bits per heavy atom. The minimum atomic E-state index is -2.64. The van der Waals surface area contributed by atoms with Gasteiger partial charge in [0.15, 0.2) is 11.6 Å². The maximum absolute atomic E-state index is 14.6. The largest absolute Gasteiger partial charge is 0.460 e. The second kappa shape index (κ2) is 9.38. The highest BCUT2D eigenvalue weighted by molar-refractivity contribution is 6.30. The van der Waals surface area contributed by atoms with E-state index in [0.717, 1.165) is 11.0 Å². The van der Waals surface area contributed by atoms with E-state index in [1.807, 2.05) is 0 Å². The number of piperazine rings is 1. The van der Waals surface area contributed by atoms with E-state index in [-0.39, 0.29) is 35.8 Å². The Kier molecular flexibility index (Phi) is 6.76. The molecule has 11 heteroatoms. The van der Waals surface area contributed by atoms with Crippen molar-refractivity contribution < 1.29 is 32.3 Å². The average molecular weight is 524 g/mol. The number of carbonyl (C=O) groups is 3. The molecule has 0 bridgehead atoms. The Bertz CT molecular complexity index is 1190. The lowest BCUT2D eigenvalue weighted by Crippen LogP contribution is -2.73. The molecule has 0 radical (unpaired) electrons. The molecule has 192 valence electrons. The molecule has 4 rings (SSSR count). The zero-order chi connectivity index (χ0) is 26.4. The molecule has 2 amide bonds. The number of amides is 2. The number of pyridine rings is 1. The van der Waals surface area contributed by atoms with Gasteiger partial charge in [-0.05, 0) is 45.2 Å². The van der Waals surface area contributed by atoms with Crippen LogP contribution in [0, 0.1) is 11.7 Å². The summed E-state index contributed by atoms with van der Waals surface area (Å²) in [4.78, 5) is 45.9. The number of hydrogen-bond acceptors (Lipinski definition) is 5. The molecule has 2 fully saturated rings. The predicted molar refractivity (Wildman–Crippen MR) is 125 cm³/mol. The van der Waals surface area contributed by atoms with Crippen molar-refractivity contribution in [2.75, 3.05) is 11.4 Å². The number of alkyl halides is 2. The van der Waals surface area contributed by atoms with Gasteiger partial charge < -0.3 is 9.64 Å². The third-order valence-corrected chi connectivity index (χ3v) is 6.49. The van der Waals surface area contributed by atoms with Crippen LogP contribution in [0.15, 0.2) is 36.5 Å². The molecule has 1 aromatic heterocycles. The Morgan fingerprint density at radius 3 is 2.42 bits per heavy atom. The molecule has 0 N–H and O–H groups in total. The summed E-state index contributed by atoms with van der Waals surface area (Å²) < 4.78 is 46.0. The lowest BCUT2D eigenvalue weighted by atomic mass is 9.65. The third-order valence-electron chi connectivity index (χ3n) is 6.28. The first-order valence-electron chi connectivity index (χ1n) is 11.3. The lowest BCUT2D eigenvalue weighted by Gasteiger charge is -2.56. The molecule has 1 aromatic carbocycles. The van der Waals surface area contributed by atoms with Crippen LogP contribution in [0.25, 0.3) is 0 Å². The summed E-state index contributed by atoms with van der Waals surface area (Å²) in [5, 5.41) is 0.0317. The predicted octanol–water partition coefficient (Wildman–Crippen LogP) is 4.68. The highest BCUT2D eigenvalue weighted by Crippen LogP contribution is 2.48. The smallest absolute Gasteiger partial charge is 0.309 e. The molecule has 0 unspecified atom stereocenters. The first-order chi connectivity index (χ1) is 16.8. The minimum Gasteiger partial charge on any atom is -0.460 e. The molecule has 1 aliphatic carbocycles. The zero-order valence-corrected chi connectivity index (χ0v) is 20.7. The standard InChI is InChI=1S/C25H25ClF3N3O4/c1-24(2,3)36-22(34)16-9-25(10-16)23(35)31(21-18(27)8-17(26)11-30-21)13-19(33)32(25)12-14-4-6-15(7-5-14)20(28)29/h4-8,11,16,20H,9-10,12-13H2,1-3H3. The van der Waals surface area contributed by atoms with E-state index < -0.39 is 53.6 Å². The molecular formula is C25H25ClF3N3O4. The molecule has 7 nitrogen and oxygen atoms in total. The highest BCUT2D eigenvalue weighted by Gasteiger charge is 2.62. The maximum Gasteiger partial charge on any atom is 0.309 e. The van der Waals surface area contributed by atoms with E-state index in [1.54, 1.807) is 20.8 Å². The van der Waals surface area contributed by atoms with Crippen molar-refractivity contribution in [3.05, 3.63) is 58.5 Å². The van der Waals surface area contributed by atoms with Gasteiger partial charge in [0.2, 0.25) is 5.91 Å². The van der Waals surface area contributed by atoms with Gasteiger partial charge in [-0.3, -0.25) is 19.3 Å². The normalized spacial score (nSPS) is 22.3. The summed E-state index contributed by atoms with van der Waals surface area (Å²) in [6.45, 7) is 4.65. The molecular weight excluding hydrogens is 499 g/mol. The average Bonchev–Trinajstić information content (AvgIpc) is 2.74. The molecule has 1 spiro atoms. The first-order valence-corrected chi connectivity index (χ1v) is 11.7. The van der Waals surface area contributed by atoms with Crippen LogP contribution in [0.3, 0.4) is 0 Å². The van der Waals surface area contributed by atoms with E-state index >= 15 is 0 Å². The Morgan fingerprint density at radius 1 is 1.22 bits per heavy atom. The van der Waals surface area contributed by atoms with E-state index in [4.69, 9.17) is 16.3 Å². The number of carbonyl (C=O) groups excluding carboxylic acids is 3. The van der Waals surface area contributed by atoms with Gasteiger partial charge in [-0.25, -0.2) is 18.2 Å². The van der Waals surface area contributed by atoms with Crippen LogP contribution in [0.4, 0.5) is 19.0 Å². The van der Waals surface area contributed by atoms with Gasteiger partial charge in [0.1, 0.15) is 17.7 Å². The van der Waals surface area contributed by atoms with E-state index in [0.29, 0.717) is 5.56 Å². The fraction of sp³-hybridized carbons (Fsp3) is 0.440. The van der Waals surface area contributed by atoms with Crippen LogP contribution in [0.5, 0.6) is 0 Å². The number of halogens is 4. The maximum atomic E-state index is 14.6. The lowest BCUT2D eigenvalue weighted by molar-refractivity contribution is -0.178. The fourth-order valence-corrected chi connectivity index (χ4v) is 4.71. The number of esters is 1. The number of hydrogen-bond donors (Lipinski definition) is 0. The van der Waals surface area contributed by atoms with Gasteiger partial charge in [-0.15, -0.1) is 0 Å². The number of anilines is 1. The van der Waals surface area contributed by atoms with Crippen LogP contribution in [0.2, 0.25) is 5.02 Å². The zero-order valence-electron chi connectivity index (χ0n) is 19.9. The minimum absolute atomic E-state index is 0.0205. The number of aromatic nitrogens is 1. The van der Waals surface area contributed by atoms with Crippen LogP contribution in [0.1, 0.15) is 51.2 Å². The molecule has 1 saturated carbocycles. The number of nitrogens with zero attached hydrogens (tertiary/aromatic N) is 3. The van der Waals surface area contributed by atoms with Crippen molar-refractivity contribution in [2.45, 2.75) is 57.7 Å². The summed E-state index contributed by atoms with van der Waals surface area (Å²) in [6.07, 6.45) is -1.51. The molecule has 36 heavy (non-hydrogen) atoms. The topological polar surface area (TPSA) is 79.8 Å². The molecule has 2 aromatic rings. The van der Waals surface area contributed by atoms with Crippen molar-refractivity contribution in [1.29, 1.82) is 0 Å². The second-order valence-corrected chi connectivity index (χ2v) is 10.5. The van der Waals surface area contributed by atoms with Gasteiger partial charge in [0.25, 0.3) is 12.3 Å². The number of rotatable bonds is 5. The van der Waals surface area contributed by atoms with Crippen molar-refractivity contribution in [3.8, 4) is 0 Å². The summed E-state index contributed by atoms with van der Waals surface area (Å²) in [7, 11) is 0. The van der Waals surface area contributed by atoms with Gasteiger partial charge in [-0.1, -0.05) is 35.9 Å². The second-order valence-electron chi connectivity index (χ2n) is 10.0. The van der Waals surface area contributed by atoms with Gasteiger partial charge in [0.05, 0.1) is 10.9 Å². The van der Waals surface area contributed by atoms with E-state index in [9.17, 15) is 27.6 Å². The van der Waals surface area contributed by atoms with Gasteiger partial charge in [0, 0.05) is 18.3 Å². The van der Waals surface area contributed by atoms with Gasteiger partial charge >= 0.3 is 5.97 Å². The first kappa shape index (κ1) is 25.9. The molecule has 0 atom stereocenters. The number of benzene rings is 1. The van der Waals surface area contributed by atoms with Crippen molar-refractivity contribution >= 4 is 35.2 Å². The number of ether oxygens (including phenoxy) is 1. The third kappa shape index (κ3) is 4.91. The summed E-state index contributed by atoms with van der Waals surface area (Å²) in [5.41, 5.74) is -1.81. The Labute approximate surface area is 211 Å². The van der Waals surface area contributed by atoms with Gasteiger partial charge in [-0.2, -0.15) is 0 Å². The fourth-order valence-electron chi connectivity index (χ4n) is 4.57. The summed E-state index contributed by atoms with van der Waals surface area (Å²) in [6, 6.07) is 6.43. The highest BCUT2D eigenvalue weighted by atomic mass is 35.5. The SMILES string of the molecule is CC(C)(C)OC(=O)C1CC2(C1)C(=O)N(c1ncc(Cl)cc1F)CC(=O)N2Cc1ccc(C(F)F)cc1. The molecule has 1 aliphatic heterocycles. The monoisotopic (exact) mass is 523 g/mol. The van der Waals surface area contributed by atoms with Crippen LogP contribution in [-0.4, -0.2) is 45.4 Å². The quantitative estimate of drug-likeness (QED) is 0.532. The van der Waals surface area contributed by atoms with Crippen molar-refractivity contribution in [1.82, 2.24) is 9.88 Å². The molecule has 1 saturated heterocycles. The van der Waals surface area contributed by atoms with E-state index in [2.05, 4.69) is 4.98 Å². The molecule has 2 aliphatic rings. The Balaban J connectivity index is 1.66. The molecule has 2 heterocycles. The van der Waals surface area contributed by atoms with Crippen molar-refractivity contribution in [2.24, 2.45) is 5.92 Å². The summed E-state index contributed by atoms with van der Waals surface area (Å²) in [5.74, 6) is -3.42. The Hall–Kier alpha value is -3.14. The van der Waals surface area contributed by atoms with Crippen LogP contribution >= 0.6 is 11.6 Å².